The van der Waals surface area contributed by atoms with Crippen LogP contribution < -0.4 is 4.74 Å². The van der Waals surface area contributed by atoms with Gasteiger partial charge in [0.1, 0.15) is 29.1 Å². The number of rotatable bonds is 6. The maximum Gasteiger partial charge on any atom is 0.416 e. The molecule has 10 nitrogen and oxygen atoms in total. The minimum Gasteiger partial charge on any atom is -0.485 e. The molecule has 0 bridgehead atoms. The van der Waals surface area contributed by atoms with Gasteiger partial charge in [0.15, 0.2) is 0 Å². The maximum atomic E-state index is 13.2. The van der Waals surface area contributed by atoms with E-state index in [9.17, 15) is 41.9 Å². The molecule has 190 valence electrons. The highest BCUT2D eigenvalue weighted by molar-refractivity contribution is 7.89. The monoisotopic (exact) mass is 525 g/mol. The third-order valence-corrected chi connectivity index (χ3v) is 7.39. The Morgan fingerprint density at radius 1 is 1.22 bits per heavy atom. The number of ether oxygens (including phenoxy) is 2. The van der Waals surface area contributed by atoms with Crippen LogP contribution >= 0.6 is 0 Å². The Hall–Kier alpha value is -3.69. The number of halogens is 3. The van der Waals surface area contributed by atoms with Gasteiger partial charge in [0, 0.05) is 6.54 Å². The molecule has 0 amide bonds. The van der Waals surface area contributed by atoms with Gasteiger partial charge < -0.3 is 19.7 Å². The number of alkyl halides is 3. The summed E-state index contributed by atoms with van der Waals surface area (Å²) in [6, 6.07) is 8.48. The van der Waals surface area contributed by atoms with E-state index in [2.05, 4.69) is 4.74 Å². The van der Waals surface area contributed by atoms with Gasteiger partial charge in [-0.3, -0.25) is 0 Å². The number of aliphatic hydroxyl groups excluding tert-OH is 1. The molecule has 14 heteroatoms. The van der Waals surface area contributed by atoms with Crippen LogP contribution in [0.1, 0.15) is 27.0 Å². The van der Waals surface area contributed by atoms with Crippen LogP contribution in [0.4, 0.5) is 13.2 Å². The Bertz CT molecular complexity index is 1380. The number of nitrogens with zero attached hydrogens (tertiary/aromatic N) is 3. The molecule has 3 rings (SSSR count). The Morgan fingerprint density at radius 2 is 1.92 bits per heavy atom. The highest BCUT2D eigenvalue weighted by atomic mass is 32.2. The summed E-state index contributed by atoms with van der Waals surface area (Å²) in [7, 11) is -3.55. The van der Waals surface area contributed by atoms with Crippen LogP contribution in [0.25, 0.3) is 0 Å². The van der Waals surface area contributed by atoms with Crippen molar-refractivity contribution in [3.8, 4) is 17.9 Å². The summed E-state index contributed by atoms with van der Waals surface area (Å²) in [4.78, 5) is 11.4. The molecule has 1 saturated heterocycles. The fraction of sp³-hybridized carbons (Fsp3) is 0.318. The van der Waals surface area contributed by atoms with E-state index in [4.69, 9.17) is 10.00 Å². The zero-order valence-electron chi connectivity index (χ0n) is 18.5. The molecule has 1 fully saturated rings. The fourth-order valence-electron chi connectivity index (χ4n) is 3.59. The van der Waals surface area contributed by atoms with Crippen molar-refractivity contribution >= 4 is 16.0 Å². The van der Waals surface area contributed by atoms with Gasteiger partial charge in [0.2, 0.25) is 10.0 Å². The third kappa shape index (κ3) is 4.98. The summed E-state index contributed by atoms with van der Waals surface area (Å²) in [5.74, 6) is -1.07. The van der Waals surface area contributed by atoms with E-state index in [1.807, 2.05) is 6.07 Å². The van der Waals surface area contributed by atoms with Gasteiger partial charge in [-0.2, -0.15) is 28.0 Å². The van der Waals surface area contributed by atoms with Crippen LogP contribution in [0.5, 0.6) is 5.75 Å². The molecule has 2 N–H and O–H groups in total. The molecule has 36 heavy (non-hydrogen) atoms. The average Bonchev–Trinajstić information content (AvgIpc) is 3.20. The van der Waals surface area contributed by atoms with Gasteiger partial charge in [-0.15, -0.1) is 0 Å². The zero-order chi connectivity index (χ0) is 26.9. The lowest BCUT2D eigenvalue weighted by Gasteiger charge is -2.27. The minimum atomic E-state index is -4.81. The highest BCUT2D eigenvalue weighted by Crippen LogP contribution is 2.35. The first-order chi connectivity index (χ1) is 16.8. The van der Waals surface area contributed by atoms with Crippen molar-refractivity contribution in [3.63, 3.8) is 0 Å². The van der Waals surface area contributed by atoms with Gasteiger partial charge in [-0.05, 0) is 36.4 Å². The van der Waals surface area contributed by atoms with Gasteiger partial charge in [-0.1, -0.05) is 0 Å². The standard InChI is InChI=1S/C22H18F3N3O7S/c1-34-20(30)16-6-13(8-26)2-4-17(16)35-19-10-28(11-21(19,31)12-29)36(32,33)18-5-3-15(22(23,24)25)7-14(18)9-27/h2-7,19,29,31H,10-12H2,1H3/t19-,21+/m0/s1. The first kappa shape index (κ1) is 26.9. The molecule has 0 aliphatic carbocycles. The van der Waals surface area contributed by atoms with Crippen LogP contribution in [0.2, 0.25) is 0 Å². The number of hydrogen-bond donors (Lipinski definition) is 2. The van der Waals surface area contributed by atoms with Gasteiger partial charge in [0.05, 0.1) is 47.9 Å². The first-order valence-electron chi connectivity index (χ1n) is 10.0. The van der Waals surface area contributed by atoms with Crippen molar-refractivity contribution < 1.29 is 46.1 Å². The summed E-state index contributed by atoms with van der Waals surface area (Å²) in [5.41, 5.74) is -4.28. The van der Waals surface area contributed by atoms with Gasteiger partial charge >= 0.3 is 12.1 Å². The molecule has 2 aromatic rings. The van der Waals surface area contributed by atoms with Crippen molar-refractivity contribution in [3.05, 3.63) is 58.7 Å². The second-order valence-electron chi connectivity index (χ2n) is 7.80. The molecular formula is C22H18F3N3O7S. The van der Waals surface area contributed by atoms with Crippen molar-refractivity contribution in [2.24, 2.45) is 0 Å². The number of benzene rings is 2. The van der Waals surface area contributed by atoms with Crippen molar-refractivity contribution in [1.82, 2.24) is 4.31 Å². The van der Waals surface area contributed by atoms with Crippen LogP contribution in [-0.2, 0) is 20.9 Å². The number of hydrogen-bond acceptors (Lipinski definition) is 9. The Morgan fingerprint density at radius 3 is 2.47 bits per heavy atom. The second-order valence-corrected chi connectivity index (χ2v) is 9.71. The lowest BCUT2D eigenvalue weighted by molar-refractivity contribution is -0.137. The zero-order valence-corrected chi connectivity index (χ0v) is 19.3. The quantitative estimate of drug-likeness (QED) is 0.531. The number of carbonyl (C=O) groups excluding carboxylic acids is 1. The van der Waals surface area contributed by atoms with Crippen molar-refractivity contribution in [2.45, 2.75) is 22.8 Å². The molecule has 1 aliphatic rings. The molecule has 0 saturated carbocycles. The fourth-order valence-corrected chi connectivity index (χ4v) is 5.22. The minimum absolute atomic E-state index is 0.0853. The van der Waals surface area contributed by atoms with E-state index < -0.39 is 69.6 Å². The molecule has 0 radical (unpaired) electrons. The van der Waals surface area contributed by atoms with E-state index in [-0.39, 0.29) is 16.9 Å². The predicted molar refractivity (Wildman–Crippen MR) is 114 cm³/mol. The maximum absolute atomic E-state index is 13.2. The number of β-amino-alcohol motifs (C(OH)–C–C–N with tert-alkyl or cyclic N) is 1. The van der Waals surface area contributed by atoms with Gasteiger partial charge in [-0.25, -0.2) is 13.2 Å². The third-order valence-electron chi connectivity index (χ3n) is 5.52. The highest BCUT2D eigenvalue weighted by Gasteiger charge is 2.51. The Labute approximate surface area is 203 Å². The average molecular weight is 525 g/mol. The summed E-state index contributed by atoms with van der Waals surface area (Å²) >= 11 is 0. The van der Waals surface area contributed by atoms with Crippen molar-refractivity contribution in [2.75, 3.05) is 26.8 Å². The van der Waals surface area contributed by atoms with Crippen molar-refractivity contribution in [1.29, 1.82) is 10.5 Å². The number of nitriles is 2. The number of esters is 1. The first-order valence-corrected chi connectivity index (χ1v) is 11.5. The van der Waals surface area contributed by atoms with E-state index in [0.29, 0.717) is 22.5 Å². The Balaban J connectivity index is 1.99. The topological polar surface area (TPSA) is 161 Å². The molecule has 0 unspecified atom stereocenters. The summed E-state index contributed by atoms with van der Waals surface area (Å²) in [6.45, 7) is -2.30. The van der Waals surface area contributed by atoms with Crippen LogP contribution in [0.15, 0.2) is 41.3 Å². The number of aliphatic hydroxyl groups is 2. The number of sulfonamides is 1. The van der Waals surface area contributed by atoms with Gasteiger partial charge in [0.25, 0.3) is 0 Å². The summed E-state index contributed by atoms with van der Waals surface area (Å²) in [5, 5.41) is 39.1. The summed E-state index contributed by atoms with van der Waals surface area (Å²) < 4.78 is 76.4. The molecule has 1 heterocycles. The largest absolute Gasteiger partial charge is 0.485 e. The molecule has 2 atom stereocenters. The van der Waals surface area contributed by atoms with E-state index in [0.717, 1.165) is 13.2 Å². The van der Waals surface area contributed by atoms with E-state index in [1.165, 1.54) is 18.2 Å². The second kappa shape index (κ2) is 9.75. The SMILES string of the molecule is COC(=O)c1cc(C#N)ccc1O[C@H]1CN(S(=O)(=O)c2ccc(C(F)(F)F)cc2C#N)C[C@@]1(O)CO. The Kier molecular flexibility index (Phi) is 7.29. The molecule has 0 spiro atoms. The number of carbonyl (C=O) groups is 1. The molecular weight excluding hydrogens is 507 g/mol. The normalized spacial score (nSPS) is 20.4. The smallest absolute Gasteiger partial charge is 0.416 e. The molecule has 0 aromatic heterocycles. The molecule has 1 aliphatic heterocycles. The lowest BCUT2D eigenvalue weighted by Crippen LogP contribution is -2.48. The molecule has 2 aromatic carbocycles. The van der Waals surface area contributed by atoms with Crippen LogP contribution in [0, 0.1) is 22.7 Å². The summed E-state index contributed by atoms with van der Waals surface area (Å²) in [6.07, 6.45) is -6.26. The predicted octanol–water partition coefficient (Wildman–Crippen LogP) is 1.41. The van der Waals surface area contributed by atoms with E-state index in [1.54, 1.807) is 0 Å². The van der Waals surface area contributed by atoms with Crippen LogP contribution in [0.3, 0.4) is 0 Å². The van der Waals surface area contributed by atoms with E-state index >= 15 is 0 Å². The lowest BCUT2D eigenvalue weighted by atomic mass is 10.0. The van der Waals surface area contributed by atoms with Crippen LogP contribution in [-0.4, -0.2) is 67.4 Å². The number of methoxy groups -OCH3 is 1.